The van der Waals surface area contributed by atoms with E-state index < -0.39 is 11.6 Å². The number of rotatable bonds is 3. The van der Waals surface area contributed by atoms with Gasteiger partial charge >= 0.3 is 0 Å². The monoisotopic (exact) mass is 248 g/mol. The number of benzene rings is 1. The van der Waals surface area contributed by atoms with Gasteiger partial charge < -0.3 is 0 Å². The zero-order valence-electron chi connectivity index (χ0n) is 8.85. The fourth-order valence-electron chi connectivity index (χ4n) is 1.04. The summed E-state index contributed by atoms with van der Waals surface area (Å²) in [7, 11) is 1.48. The average Bonchev–Trinajstić information content (AvgIpc) is 2.23. The highest BCUT2D eigenvalue weighted by molar-refractivity contribution is 6.31. The fourth-order valence-corrected chi connectivity index (χ4v) is 1.25. The van der Waals surface area contributed by atoms with E-state index in [1.54, 1.807) is 0 Å². The Bertz CT molecular complexity index is 412. The van der Waals surface area contributed by atoms with Gasteiger partial charge in [0, 0.05) is 31.1 Å². The third-order valence-electron chi connectivity index (χ3n) is 2.10. The fraction of sp³-hybridized carbons (Fsp3) is 0.300. The molecule has 1 N–H and O–H groups in total. The van der Waals surface area contributed by atoms with Crippen molar-refractivity contribution < 1.29 is 13.6 Å². The second-order valence-electron chi connectivity index (χ2n) is 3.23. The van der Waals surface area contributed by atoms with E-state index in [2.05, 4.69) is 5.43 Å². The lowest BCUT2D eigenvalue weighted by Crippen LogP contribution is -2.37. The summed E-state index contributed by atoms with van der Waals surface area (Å²) in [6.07, 6.45) is 0. The van der Waals surface area contributed by atoms with Gasteiger partial charge in [-0.3, -0.25) is 9.80 Å². The molecule has 0 saturated carbocycles. The van der Waals surface area contributed by atoms with Crippen molar-refractivity contribution in [3.63, 3.8) is 0 Å². The maximum atomic E-state index is 13.3. The molecule has 16 heavy (non-hydrogen) atoms. The van der Waals surface area contributed by atoms with Crippen LogP contribution in [-0.2, 0) is 11.3 Å². The van der Waals surface area contributed by atoms with Crippen LogP contribution in [0.3, 0.4) is 0 Å². The zero-order valence-corrected chi connectivity index (χ0v) is 9.61. The first kappa shape index (κ1) is 12.9. The predicted molar refractivity (Wildman–Crippen MR) is 56.7 cm³/mol. The van der Waals surface area contributed by atoms with Crippen molar-refractivity contribution in [3.05, 3.63) is 34.4 Å². The first-order chi connectivity index (χ1) is 7.43. The maximum Gasteiger partial charge on any atom is 0.233 e. The Morgan fingerprint density at radius 2 is 2.12 bits per heavy atom. The van der Waals surface area contributed by atoms with E-state index in [0.29, 0.717) is 0 Å². The average molecular weight is 249 g/mol. The molecule has 0 radical (unpaired) electrons. The van der Waals surface area contributed by atoms with E-state index in [1.807, 2.05) is 0 Å². The summed E-state index contributed by atoms with van der Waals surface area (Å²) in [6.45, 7) is 1.29. The zero-order chi connectivity index (χ0) is 12.3. The van der Waals surface area contributed by atoms with Gasteiger partial charge in [-0.2, -0.15) is 0 Å². The van der Waals surface area contributed by atoms with Crippen molar-refractivity contribution >= 4 is 17.5 Å². The number of halogens is 3. The molecule has 0 unspecified atom stereocenters. The van der Waals surface area contributed by atoms with E-state index in [9.17, 15) is 13.6 Å². The van der Waals surface area contributed by atoms with Crippen molar-refractivity contribution in [2.24, 2.45) is 0 Å². The normalized spacial score (nSPS) is 10.3. The molecule has 0 heterocycles. The molecule has 0 aliphatic heterocycles. The first-order valence-corrected chi connectivity index (χ1v) is 4.91. The largest absolute Gasteiger partial charge is 0.281 e. The van der Waals surface area contributed by atoms with E-state index in [0.717, 1.165) is 6.07 Å². The quantitative estimate of drug-likeness (QED) is 0.656. The molecule has 0 atom stereocenters. The van der Waals surface area contributed by atoms with Crippen LogP contribution < -0.4 is 5.43 Å². The highest BCUT2D eigenvalue weighted by Gasteiger charge is 2.13. The van der Waals surface area contributed by atoms with Crippen molar-refractivity contribution in [2.45, 2.75) is 13.5 Å². The van der Waals surface area contributed by atoms with Gasteiger partial charge in [0.2, 0.25) is 5.91 Å². The van der Waals surface area contributed by atoms with Gasteiger partial charge in [-0.15, -0.1) is 0 Å². The third kappa shape index (κ3) is 2.90. The highest BCUT2D eigenvalue weighted by Crippen LogP contribution is 2.21. The molecular weight excluding hydrogens is 238 g/mol. The molecule has 1 aromatic carbocycles. The molecule has 1 aromatic rings. The van der Waals surface area contributed by atoms with Crippen LogP contribution in [0.25, 0.3) is 0 Å². The smallest absolute Gasteiger partial charge is 0.233 e. The Hall–Kier alpha value is -1.20. The van der Waals surface area contributed by atoms with Crippen LogP contribution >= 0.6 is 11.6 Å². The van der Waals surface area contributed by atoms with E-state index in [-0.39, 0.29) is 23.0 Å². The number of hydrogen-bond donors (Lipinski definition) is 1. The lowest BCUT2D eigenvalue weighted by atomic mass is 10.2. The number of hydrogen-bond acceptors (Lipinski definition) is 2. The van der Waals surface area contributed by atoms with Crippen LogP contribution in [0.5, 0.6) is 0 Å². The lowest BCUT2D eigenvalue weighted by molar-refractivity contribution is -0.130. The van der Waals surface area contributed by atoms with Gasteiger partial charge in [-0.25, -0.2) is 14.2 Å². The van der Waals surface area contributed by atoms with E-state index in [4.69, 9.17) is 11.6 Å². The SMILES string of the molecule is CC(=O)N(C)NCc1c(Cl)ccc(F)c1F. The van der Waals surface area contributed by atoms with Gasteiger partial charge in [0.15, 0.2) is 11.6 Å². The lowest BCUT2D eigenvalue weighted by Gasteiger charge is -2.17. The van der Waals surface area contributed by atoms with Crippen molar-refractivity contribution in [2.75, 3.05) is 7.05 Å². The Morgan fingerprint density at radius 1 is 1.50 bits per heavy atom. The summed E-state index contributed by atoms with van der Waals surface area (Å²) < 4.78 is 26.2. The Morgan fingerprint density at radius 3 is 2.69 bits per heavy atom. The highest BCUT2D eigenvalue weighted by atomic mass is 35.5. The van der Waals surface area contributed by atoms with Gasteiger partial charge in [0.05, 0.1) is 0 Å². The summed E-state index contributed by atoms with van der Waals surface area (Å²) in [6, 6.07) is 2.22. The second-order valence-corrected chi connectivity index (χ2v) is 3.64. The molecule has 0 fully saturated rings. The molecule has 0 bridgehead atoms. The van der Waals surface area contributed by atoms with Gasteiger partial charge in [0.1, 0.15) is 0 Å². The number of amides is 1. The molecule has 3 nitrogen and oxygen atoms in total. The standard InChI is InChI=1S/C10H11ClF2N2O/c1-6(16)15(2)14-5-7-8(11)3-4-9(12)10(7)13/h3-4,14H,5H2,1-2H3. The Balaban J connectivity index is 2.81. The van der Waals surface area contributed by atoms with E-state index in [1.165, 1.54) is 25.0 Å². The molecule has 0 aromatic heterocycles. The van der Waals surface area contributed by atoms with Gasteiger partial charge in [0.25, 0.3) is 0 Å². The van der Waals surface area contributed by atoms with Gasteiger partial charge in [-0.05, 0) is 12.1 Å². The summed E-state index contributed by atoms with van der Waals surface area (Å²) >= 11 is 5.71. The van der Waals surface area contributed by atoms with Crippen LogP contribution in [0.2, 0.25) is 5.02 Å². The topological polar surface area (TPSA) is 32.3 Å². The Labute approximate surface area is 97.0 Å². The second kappa shape index (κ2) is 5.23. The minimum atomic E-state index is -1.00. The number of nitrogens with zero attached hydrogens (tertiary/aromatic N) is 1. The number of nitrogens with one attached hydrogen (secondary N) is 1. The van der Waals surface area contributed by atoms with Crippen LogP contribution in [0.15, 0.2) is 12.1 Å². The molecule has 0 aliphatic rings. The van der Waals surface area contributed by atoms with Crippen LogP contribution in [0.4, 0.5) is 8.78 Å². The minimum Gasteiger partial charge on any atom is -0.281 e. The summed E-state index contributed by atoms with van der Waals surface area (Å²) in [5, 5.41) is 1.28. The summed E-state index contributed by atoms with van der Waals surface area (Å²) in [5.41, 5.74) is 2.60. The summed E-state index contributed by atoms with van der Waals surface area (Å²) in [4.78, 5) is 10.9. The number of hydrazine groups is 1. The molecule has 6 heteroatoms. The van der Waals surface area contributed by atoms with Crippen LogP contribution in [0.1, 0.15) is 12.5 Å². The third-order valence-corrected chi connectivity index (χ3v) is 2.46. The number of carbonyl (C=O) groups is 1. The van der Waals surface area contributed by atoms with Crippen molar-refractivity contribution in [1.82, 2.24) is 10.4 Å². The van der Waals surface area contributed by atoms with Crippen LogP contribution in [0, 0.1) is 11.6 Å². The first-order valence-electron chi connectivity index (χ1n) is 4.53. The molecule has 0 spiro atoms. The van der Waals surface area contributed by atoms with Crippen molar-refractivity contribution in [1.29, 1.82) is 0 Å². The molecule has 1 rings (SSSR count). The molecule has 88 valence electrons. The number of carbonyl (C=O) groups excluding carboxylic acids is 1. The maximum absolute atomic E-state index is 13.3. The van der Waals surface area contributed by atoms with Gasteiger partial charge in [-0.1, -0.05) is 11.6 Å². The molecule has 1 amide bonds. The Kier molecular flexibility index (Phi) is 4.20. The predicted octanol–water partition coefficient (Wildman–Crippen LogP) is 2.10. The molecule has 0 saturated heterocycles. The van der Waals surface area contributed by atoms with Crippen LogP contribution in [-0.4, -0.2) is 18.0 Å². The van der Waals surface area contributed by atoms with Crippen molar-refractivity contribution in [3.8, 4) is 0 Å². The molecular formula is C10H11ClF2N2O. The van der Waals surface area contributed by atoms with E-state index >= 15 is 0 Å². The summed E-state index contributed by atoms with van der Waals surface area (Å²) in [5.74, 6) is -2.21. The molecule has 0 aliphatic carbocycles. The minimum absolute atomic E-state index is 0.00485.